The highest BCUT2D eigenvalue weighted by Gasteiger charge is 2.33. The number of rotatable bonds is 2. The monoisotopic (exact) mass is 259 g/mol. The molecule has 1 aliphatic rings. The maximum Gasteiger partial charge on any atom is 0.410 e. The van der Waals surface area contributed by atoms with Gasteiger partial charge in [0.15, 0.2) is 0 Å². The highest BCUT2D eigenvalue weighted by Crippen LogP contribution is 2.22. The van der Waals surface area contributed by atoms with Crippen LogP contribution in [0, 0.1) is 5.92 Å². The van der Waals surface area contributed by atoms with E-state index in [9.17, 15) is 14.7 Å². The van der Waals surface area contributed by atoms with Gasteiger partial charge in [-0.15, -0.1) is 0 Å². The summed E-state index contributed by atoms with van der Waals surface area (Å²) in [5, 5.41) is 18.5. The van der Waals surface area contributed by atoms with Gasteiger partial charge in [-0.2, -0.15) is 0 Å². The van der Waals surface area contributed by atoms with E-state index in [-0.39, 0.29) is 13.0 Å². The van der Waals surface area contributed by atoms with Crippen molar-refractivity contribution in [1.82, 2.24) is 4.90 Å². The summed E-state index contributed by atoms with van der Waals surface area (Å²) in [6.45, 7) is 5.95. The molecule has 1 amide bonds. The van der Waals surface area contributed by atoms with Gasteiger partial charge in [0, 0.05) is 19.0 Å². The van der Waals surface area contributed by atoms with Crippen LogP contribution in [-0.4, -0.2) is 52.0 Å². The molecule has 0 saturated carbocycles. The molecular weight excluding hydrogens is 238 g/mol. The number of aliphatic carboxylic acids is 1. The fourth-order valence-electron chi connectivity index (χ4n) is 1.94. The molecule has 1 aliphatic heterocycles. The summed E-state index contributed by atoms with van der Waals surface area (Å²) in [6.07, 6.45) is -0.873. The Bertz CT molecular complexity index is 323. The number of carboxylic acid groups (broad SMARTS) is 1. The molecular formula is C12H21NO5. The Hall–Kier alpha value is -1.30. The molecule has 0 aliphatic carbocycles. The number of carboxylic acids is 1. The first kappa shape index (κ1) is 14.8. The number of likely N-dealkylation sites (tertiary alicyclic amines) is 1. The van der Waals surface area contributed by atoms with Crippen molar-refractivity contribution in [2.75, 3.05) is 13.1 Å². The average molecular weight is 259 g/mol. The van der Waals surface area contributed by atoms with E-state index in [0.29, 0.717) is 13.0 Å². The molecule has 0 aromatic heterocycles. The van der Waals surface area contributed by atoms with Crippen LogP contribution >= 0.6 is 0 Å². The molecule has 6 heteroatoms. The number of aliphatic hydroxyl groups excluding tert-OH is 1. The van der Waals surface area contributed by atoms with Gasteiger partial charge in [-0.25, -0.2) is 4.79 Å². The Labute approximate surface area is 107 Å². The third-order valence-corrected chi connectivity index (χ3v) is 2.78. The van der Waals surface area contributed by atoms with Gasteiger partial charge < -0.3 is 19.8 Å². The molecule has 6 nitrogen and oxygen atoms in total. The third kappa shape index (κ3) is 4.52. The van der Waals surface area contributed by atoms with Gasteiger partial charge in [0.1, 0.15) is 5.60 Å². The van der Waals surface area contributed by atoms with Crippen molar-refractivity contribution in [1.29, 1.82) is 0 Å². The van der Waals surface area contributed by atoms with Crippen LogP contribution in [0.25, 0.3) is 0 Å². The quantitative estimate of drug-likeness (QED) is 0.774. The SMILES string of the molecule is CC(C)(C)OC(=O)N1CC[C@H](O)[C@@H](CC(=O)O)C1. The molecule has 1 heterocycles. The number of carbonyl (C=O) groups is 2. The molecule has 18 heavy (non-hydrogen) atoms. The summed E-state index contributed by atoms with van der Waals surface area (Å²) in [5.74, 6) is -1.39. The fraction of sp³-hybridized carbons (Fsp3) is 0.833. The first-order valence-corrected chi connectivity index (χ1v) is 6.07. The van der Waals surface area contributed by atoms with Crippen LogP contribution in [0.2, 0.25) is 0 Å². The lowest BCUT2D eigenvalue weighted by Gasteiger charge is -2.36. The van der Waals surface area contributed by atoms with Crippen LogP contribution in [0.4, 0.5) is 4.79 Å². The normalized spacial score (nSPS) is 24.8. The van der Waals surface area contributed by atoms with Crippen molar-refractivity contribution >= 4 is 12.1 Å². The smallest absolute Gasteiger partial charge is 0.410 e. The number of piperidine rings is 1. The minimum absolute atomic E-state index is 0.138. The Morgan fingerprint density at radius 1 is 1.39 bits per heavy atom. The van der Waals surface area contributed by atoms with Gasteiger partial charge in [0.05, 0.1) is 12.5 Å². The minimum Gasteiger partial charge on any atom is -0.481 e. The number of aliphatic hydroxyl groups is 1. The third-order valence-electron chi connectivity index (χ3n) is 2.78. The molecule has 2 N–H and O–H groups in total. The highest BCUT2D eigenvalue weighted by molar-refractivity contribution is 5.69. The van der Waals surface area contributed by atoms with E-state index >= 15 is 0 Å². The summed E-state index contributed by atoms with van der Waals surface area (Å²) in [6, 6.07) is 0. The fourth-order valence-corrected chi connectivity index (χ4v) is 1.94. The van der Waals surface area contributed by atoms with Crippen molar-refractivity contribution in [2.24, 2.45) is 5.92 Å². The number of nitrogens with zero attached hydrogens (tertiary/aromatic N) is 1. The highest BCUT2D eigenvalue weighted by atomic mass is 16.6. The summed E-state index contributed by atoms with van der Waals surface area (Å²) in [5.41, 5.74) is -0.574. The molecule has 2 atom stereocenters. The molecule has 0 aromatic carbocycles. The predicted octanol–water partition coefficient (Wildman–Crippen LogP) is 1.08. The second-order valence-electron chi connectivity index (χ2n) is 5.64. The first-order chi connectivity index (χ1) is 8.19. The van der Waals surface area contributed by atoms with E-state index in [1.54, 1.807) is 20.8 Å². The summed E-state index contributed by atoms with van der Waals surface area (Å²) < 4.78 is 5.22. The Balaban J connectivity index is 2.58. The van der Waals surface area contributed by atoms with E-state index in [2.05, 4.69) is 0 Å². The molecule has 0 bridgehead atoms. The van der Waals surface area contributed by atoms with E-state index in [0.717, 1.165) is 0 Å². The molecule has 0 radical (unpaired) electrons. The van der Waals surface area contributed by atoms with Gasteiger partial charge >= 0.3 is 12.1 Å². The van der Waals surface area contributed by atoms with Crippen molar-refractivity contribution < 1.29 is 24.5 Å². The molecule has 0 spiro atoms. The van der Waals surface area contributed by atoms with Crippen molar-refractivity contribution in [3.8, 4) is 0 Å². The molecule has 0 aromatic rings. The minimum atomic E-state index is -0.968. The Morgan fingerprint density at radius 3 is 2.50 bits per heavy atom. The summed E-state index contributed by atoms with van der Waals surface area (Å²) >= 11 is 0. The standard InChI is InChI=1S/C12H21NO5/c1-12(2,3)18-11(17)13-5-4-9(14)8(7-13)6-10(15)16/h8-9,14H,4-7H2,1-3H3,(H,15,16)/t8-,9-/m0/s1. The van der Waals surface area contributed by atoms with Crippen LogP contribution in [0.1, 0.15) is 33.6 Å². The molecule has 1 rings (SSSR count). The van der Waals surface area contributed by atoms with Gasteiger partial charge in [0.2, 0.25) is 0 Å². The Morgan fingerprint density at radius 2 is 2.00 bits per heavy atom. The number of amides is 1. The van der Waals surface area contributed by atoms with Crippen molar-refractivity contribution in [3.05, 3.63) is 0 Å². The van der Waals surface area contributed by atoms with Crippen LogP contribution < -0.4 is 0 Å². The van der Waals surface area contributed by atoms with Gasteiger partial charge in [-0.05, 0) is 27.2 Å². The topological polar surface area (TPSA) is 87.1 Å². The Kier molecular flexibility index (Phi) is 4.56. The van der Waals surface area contributed by atoms with E-state index < -0.39 is 29.7 Å². The summed E-state index contributed by atoms with van der Waals surface area (Å²) in [7, 11) is 0. The van der Waals surface area contributed by atoms with Crippen LogP contribution in [0.15, 0.2) is 0 Å². The maximum atomic E-state index is 11.8. The number of hydrogen-bond acceptors (Lipinski definition) is 4. The largest absolute Gasteiger partial charge is 0.481 e. The summed E-state index contributed by atoms with van der Waals surface area (Å²) in [4.78, 5) is 24.0. The molecule has 1 saturated heterocycles. The van der Waals surface area contributed by atoms with Crippen LogP contribution in [0.3, 0.4) is 0 Å². The number of hydrogen-bond donors (Lipinski definition) is 2. The van der Waals surface area contributed by atoms with E-state index in [4.69, 9.17) is 9.84 Å². The van der Waals surface area contributed by atoms with E-state index in [1.807, 2.05) is 0 Å². The zero-order chi connectivity index (χ0) is 13.9. The second kappa shape index (κ2) is 5.56. The molecule has 0 unspecified atom stereocenters. The lowest BCUT2D eigenvalue weighted by atomic mass is 9.92. The van der Waals surface area contributed by atoms with Gasteiger partial charge in [0.25, 0.3) is 0 Å². The predicted molar refractivity (Wildman–Crippen MR) is 64.2 cm³/mol. The number of ether oxygens (including phenoxy) is 1. The lowest BCUT2D eigenvalue weighted by molar-refractivity contribution is -0.140. The zero-order valence-corrected chi connectivity index (χ0v) is 11.0. The maximum absolute atomic E-state index is 11.8. The average Bonchev–Trinajstić information content (AvgIpc) is 2.17. The first-order valence-electron chi connectivity index (χ1n) is 6.07. The van der Waals surface area contributed by atoms with Crippen molar-refractivity contribution in [3.63, 3.8) is 0 Å². The van der Waals surface area contributed by atoms with E-state index in [1.165, 1.54) is 4.90 Å². The second-order valence-corrected chi connectivity index (χ2v) is 5.64. The molecule has 104 valence electrons. The van der Waals surface area contributed by atoms with Crippen molar-refractivity contribution in [2.45, 2.75) is 45.3 Å². The zero-order valence-electron chi connectivity index (χ0n) is 11.0. The molecule has 1 fully saturated rings. The lowest BCUT2D eigenvalue weighted by Crippen LogP contribution is -2.48. The number of carbonyl (C=O) groups excluding carboxylic acids is 1. The van der Waals surface area contributed by atoms with Gasteiger partial charge in [-0.1, -0.05) is 0 Å². The van der Waals surface area contributed by atoms with Gasteiger partial charge in [-0.3, -0.25) is 4.79 Å². The van der Waals surface area contributed by atoms with Crippen LogP contribution in [-0.2, 0) is 9.53 Å². The van der Waals surface area contributed by atoms with Crippen LogP contribution in [0.5, 0.6) is 0 Å².